The second-order valence-corrected chi connectivity index (χ2v) is 6.13. The molecule has 0 aromatic carbocycles. The van der Waals surface area contributed by atoms with Crippen LogP contribution in [-0.2, 0) is 0 Å². The van der Waals surface area contributed by atoms with Gasteiger partial charge >= 0.3 is 0 Å². The molecular formula is C10H14OS2. The van der Waals surface area contributed by atoms with E-state index in [1.54, 1.807) is 11.3 Å². The van der Waals surface area contributed by atoms with Crippen LogP contribution in [0.15, 0.2) is 16.3 Å². The second kappa shape index (κ2) is 4.82. The van der Waals surface area contributed by atoms with E-state index in [9.17, 15) is 4.79 Å². The molecule has 1 heterocycles. The van der Waals surface area contributed by atoms with Crippen LogP contribution in [0.25, 0.3) is 0 Å². The lowest BCUT2D eigenvalue weighted by Crippen LogP contribution is -2.04. The zero-order valence-electron chi connectivity index (χ0n) is 8.11. The van der Waals surface area contributed by atoms with Crippen LogP contribution in [0, 0.1) is 5.92 Å². The third-order valence-electron chi connectivity index (χ3n) is 1.96. The summed E-state index contributed by atoms with van der Waals surface area (Å²) in [5, 5.41) is 0.609. The molecule has 0 aliphatic heterocycles. The van der Waals surface area contributed by atoms with E-state index in [4.69, 9.17) is 0 Å². The standard InChI is InChI=1S/C10H14OS2/c1-7(2)8(3)12-10-5-4-9(6-11)13-10/h4-8H,1-3H3. The minimum Gasteiger partial charge on any atom is -0.297 e. The summed E-state index contributed by atoms with van der Waals surface area (Å²) in [6, 6.07) is 3.91. The van der Waals surface area contributed by atoms with Crippen molar-refractivity contribution in [3.05, 3.63) is 17.0 Å². The van der Waals surface area contributed by atoms with E-state index in [-0.39, 0.29) is 0 Å². The smallest absolute Gasteiger partial charge is 0.160 e. The number of aldehydes is 1. The van der Waals surface area contributed by atoms with Gasteiger partial charge in [-0.3, -0.25) is 4.79 Å². The van der Waals surface area contributed by atoms with Crippen molar-refractivity contribution in [2.24, 2.45) is 5.92 Å². The summed E-state index contributed by atoms with van der Waals surface area (Å²) in [6.07, 6.45) is 0.911. The van der Waals surface area contributed by atoms with E-state index in [2.05, 4.69) is 20.8 Å². The lowest BCUT2D eigenvalue weighted by molar-refractivity contribution is 0.112. The largest absolute Gasteiger partial charge is 0.297 e. The van der Waals surface area contributed by atoms with Crippen LogP contribution >= 0.6 is 23.1 Å². The lowest BCUT2D eigenvalue weighted by atomic mass is 10.2. The maximum atomic E-state index is 10.4. The van der Waals surface area contributed by atoms with Crippen molar-refractivity contribution in [1.29, 1.82) is 0 Å². The molecule has 0 amide bonds. The van der Waals surface area contributed by atoms with Crippen LogP contribution in [0.2, 0.25) is 0 Å². The summed E-state index contributed by atoms with van der Waals surface area (Å²) in [6.45, 7) is 6.65. The van der Waals surface area contributed by atoms with Crippen molar-refractivity contribution in [3.63, 3.8) is 0 Å². The molecule has 72 valence electrons. The van der Waals surface area contributed by atoms with E-state index in [0.717, 1.165) is 11.2 Å². The molecule has 1 unspecified atom stereocenters. The molecule has 13 heavy (non-hydrogen) atoms. The molecule has 0 saturated carbocycles. The Hall–Kier alpha value is -0.280. The molecule has 1 rings (SSSR count). The first-order chi connectivity index (χ1) is 6.13. The summed E-state index contributed by atoms with van der Waals surface area (Å²) in [4.78, 5) is 11.3. The van der Waals surface area contributed by atoms with Crippen molar-refractivity contribution >= 4 is 29.4 Å². The van der Waals surface area contributed by atoms with Crippen LogP contribution in [-0.4, -0.2) is 11.5 Å². The number of thiophene rings is 1. The highest BCUT2D eigenvalue weighted by molar-refractivity contribution is 8.01. The van der Waals surface area contributed by atoms with Crippen LogP contribution in [0.5, 0.6) is 0 Å². The van der Waals surface area contributed by atoms with Gasteiger partial charge in [0.2, 0.25) is 0 Å². The number of hydrogen-bond acceptors (Lipinski definition) is 3. The molecule has 3 heteroatoms. The van der Waals surface area contributed by atoms with Crippen molar-refractivity contribution < 1.29 is 4.79 Å². The zero-order chi connectivity index (χ0) is 9.84. The summed E-state index contributed by atoms with van der Waals surface area (Å²) in [7, 11) is 0. The summed E-state index contributed by atoms with van der Waals surface area (Å²) < 4.78 is 1.24. The van der Waals surface area contributed by atoms with Crippen molar-refractivity contribution in [1.82, 2.24) is 0 Å². The van der Waals surface area contributed by atoms with E-state index in [1.165, 1.54) is 4.21 Å². The van der Waals surface area contributed by atoms with Gasteiger partial charge in [0.25, 0.3) is 0 Å². The van der Waals surface area contributed by atoms with E-state index in [0.29, 0.717) is 11.2 Å². The normalized spacial score (nSPS) is 13.2. The van der Waals surface area contributed by atoms with Crippen molar-refractivity contribution in [3.8, 4) is 0 Å². The minimum absolute atomic E-state index is 0.609. The van der Waals surface area contributed by atoms with Gasteiger partial charge in [-0.15, -0.1) is 23.1 Å². The average Bonchev–Trinajstić information content (AvgIpc) is 2.52. The first-order valence-electron chi connectivity index (χ1n) is 4.35. The number of thioether (sulfide) groups is 1. The van der Waals surface area contributed by atoms with Crippen molar-refractivity contribution in [2.75, 3.05) is 0 Å². The molecule has 1 aromatic heterocycles. The Labute approximate surface area is 87.5 Å². The first kappa shape index (κ1) is 10.8. The third-order valence-corrected chi connectivity index (χ3v) is 4.59. The van der Waals surface area contributed by atoms with Crippen molar-refractivity contribution in [2.45, 2.75) is 30.2 Å². The zero-order valence-corrected chi connectivity index (χ0v) is 9.74. The fraction of sp³-hybridized carbons (Fsp3) is 0.500. The average molecular weight is 214 g/mol. The van der Waals surface area contributed by atoms with Gasteiger partial charge in [-0.25, -0.2) is 0 Å². The van der Waals surface area contributed by atoms with Gasteiger partial charge < -0.3 is 0 Å². The Balaban J connectivity index is 2.58. The molecule has 0 radical (unpaired) electrons. The fourth-order valence-electron chi connectivity index (χ4n) is 0.780. The Morgan fingerprint density at radius 2 is 2.08 bits per heavy atom. The molecule has 0 fully saturated rings. The Morgan fingerprint density at radius 3 is 2.54 bits per heavy atom. The molecule has 1 aromatic rings. The monoisotopic (exact) mass is 214 g/mol. The van der Waals surface area contributed by atoms with Gasteiger partial charge in [0, 0.05) is 5.25 Å². The van der Waals surface area contributed by atoms with Gasteiger partial charge in [0.05, 0.1) is 9.09 Å². The van der Waals surface area contributed by atoms with E-state index in [1.807, 2.05) is 23.9 Å². The summed E-state index contributed by atoms with van der Waals surface area (Å²) >= 11 is 3.42. The van der Waals surface area contributed by atoms with Gasteiger partial charge in [0.15, 0.2) is 6.29 Å². The number of rotatable bonds is 4. The summed E-state index contributed by atoms with van der Waals surface area (Å²) in [5.41, 5.74) is 0. The van der Waals surface area contributed by atoms with Gasteiger partial charge in [-0.1, -0.05) is 20.8 Å². The highest BCUT2D eigenvalue weighted by Gasteiger charge is 2.10. The lowest BCUT2D eigenvalue weighted by Gasteiger charge is -2.12. The van der Waals surface area contributed by atoms with Crippen LogP contribution < -0.4 is 0 Å². The van der Waals surface area contributed by atoms with Gasteiger partial charge in [-0.05, 0) is 18.1 Å². The molecule has 0 aliphatic carbocycles. The minimum atomic E-state index is 0.609. The fourth-order valence-corrected chi connectivity index (χ4v) is 3.05. The molecule has 0 bridgehead atoms. The molecule has 1 atom stereocenters. The van der Waals surface area contributed by atoms with Gasteiger partial charge in [0.1, 0.15) is 0 Å². The van der Waals surface area contributed by atoms with Crippen LogP contribution in [0.4, 0.5) is 0 Å². The Morgan fingerprint density at radius 1 is 1.38 bits per heavy atom. The predicted octanol–water partition coefficient (Wildman–Crippen LogP) is 3.70. The van der Waals surface area contributed by atoms with Crippen LogP contribution in [0.1, 0.15) is 30.4 Å². The molecule has 0 spiro atoms. The Kier molecular flexibility index (Phi) is 4.00. The van der Waals surface area contributed by atoms with Crippen LogP contribution in [0.3, 0.4) is 0 Å². The van der Waals surface area contributed by atoms with Gasteiger partial charge in [-0.2, -0.15) is 0 Å². The topological polar surface area (TPSA) is 17.1 Å². The highest BCUT2D eigenvalue weighted by atomic mass is 32.2. The molecule has 0 aliphatic rings. The molecule has 0 saturated heterocycles. The number of carbonyl (C=O) groups excluding carboxylic acids is 1. The predicted molar refractivity (Wildman–Crippen MR) is 59.9 cm³/mol. The van der Waals surface area contributed by atoms with E-state index >= 15 is 0 Å². The van der Waals surface area contributed by atoms with E-state index < -0.39 is 0 Å². The number of hydrogen-bond donors (Lipinski definition) is 0. The quantitative estimate of drug-likeness (QED) is 0.561. The molecule has 0 N–H and O–H groups in total. The number of carbonyl (C=O) groups is 1. The highest BCUT2D eigenvalue weighted by Crippen LogP contribution is 2.32. The molecular weight excluding hydrogens is 200 g/mol. The third kappa shape index (κ3) is 3.16. The Bertz CT molecular complexity index is 278. The SMILES string of the molecule is CC(C)C(C)Sc1ccc(C=O)s1. The maximum Gasteiger partial charge on any atom is 0.160 e. The second-order valence-electron chi connectivity index (χ2n) is 3.34. The molecule has 1 nitrogen and oxygen atoms in total. The summed E-state index contributed by atoms with van der Waals surface area (Å²) in [5.74, 6) is 0.673. The maximum absolute atomic E-state index is 10.4. The first-order valence-corrected chi connectivity index (χ1v) is 6.04.